The van der Waals surface area contributed by atoms with E-state index >= 15 is 0 Å². The van der Waals surface area contributed by atoms with E-state index in [2.05, 4.69) is 49.4 Å². The highest BCUT2D eigenvalue weighted by Crippen LogP contribution is 2.17. The molecule has 0 unspecified atom stereocenters. The van der Waals surface area contributed by atoms with Gasteiger partial charge in [0.1, 0.15) is 0 Å². The smallest absolute Gasteiger partial charge is 0.0927 e. The summed E-state index contributed by atoms with van der Waals surface area (Å²) in [5, 5.41) is 5.75. The molecule has 1 heterocycles. The molecule has 2 nitrogen and oxygen atoms in total. The summed E-state index contributed by atoms with van der Waals surface area (Å²) < 4.78 is 1.95. The molecule has 0 aliphatic carbocycles. The van der Waals surface area contributed by atoms with Crippen LogP contribution in [0.1, 0.15) is 11.1 Å². The van der Waals surface area contributed by atoms with E-state index in [1.807, 2.05) is 22.9 Å². The lowest BCUT2D eigenvalue weighted by Crippen LogP contribution is -1.95. The van der Waals surface area contributed by atoms with Gasteiger partial charge in [0.2, 0.25) is 0 Å². The van der Waals surface area contributed by atoms with Crippen LogP contribution in [0.15, 0.2) is 48.7 Å². The normalized spacial score (nSPS) is 10.9. The molecule has 0 saturated carbocycles. The summed E-state index contributed by atoms with van der Waals surface area (Å²) in [6, 6.07) is 14.7. The molecule has 0 saturated heterocycles. The standard InChI is InChI=1S/C15H14N2/c1-11-7-12(2)9-14(8-11)17-10-13-5-3-4-6-15(13)16-17/h3-10H,1-2H3. The summed E-state index contributed by atoms with van der Waals surface area (Å²) in [6.07, 6.45) is 2.07. The zero-order valence-corrected chi connectivity index (χ0v) is 10.0. The maximum Gasteiger partial charge on any atom is 0.0927 e. The second-order valence-electron chi connectivity index (χ2n) is 4.48. The Bertz CT molecular complexity index is 627. The summed E-state index contributed by atoms with van der Waals surface area (Å²) in [6.45, 7) is 4.22. The molecular weight excluding hydrogens is 208 g/mol. The first-order chi connectivity index (χ1) is 8.22. The predicted molar refractivity (Wildman–Crippen MR) is 70.5 cm³/mol. The van der Waals surface area contributed by atoms with Crippen LogP contribution in [0.3, 0.4) is 0 Å². The molecule has 0 bridgehead atoms. The van der Waals surface area contributed by atoms with Gasteiger partial charge in [-0.2, -0.15) is 5.10 Å². The molecule has 0 fully saturated rings. The summed E-state index contributed by atoms with van der Waals surface area (Å²) in [4.78, 5) is 0. The van der Waals surface area contributed by atoms with Crippen molar-refractivity contribution in [3.63, 3.8) is 0 Å². The third kappa shape index (κ3) is 1.82. The molecule has 0 aliphatic rings. The number of benzene rings is 2. The van der Waals surface area contributed by atoms with Gasteiger partial charge in [0.15, 0.2) is 0 Å². The van der Waals surface area contributed by atoms with Crippen LogP contribution in [-0.2, 0) is 0 Å². The summed E-state index contributed by atoms with van der Waals surface area (Å²) in [7, 11) is 0. The largest absolute Gasteiger partial charge is 0.240 e. The van der Waals surface area contributed by atoms with Crippen LogP contribution in [0.5, 0.6) is 0 Å². The fourth-order valence-corrected chi connectivity index (χ4v) is 2.18. The summed E-state index contributed by atoms with van der Waals surface area (Å²) >= 11 is 0. The average molecular weight is 222 g/mol. The highest BCUT2D eigenvalue weighted by Gasteiger charge is 2.02. The van der Waals surface area contributed by atoms with Gasteiger partial charge in [-0.05, 0) is 43.2 Å². The molecule has 2 heteroatoms. The van der Waals surface area contributed by atoms with Crippen molar-refractivity contribution in [3.8, 4) is 5.69 Å². The zero-order valence-electron chi connectivity index (χ0n) is 10.0. The molecule has 0 aliphatic heterocycles. The van der Waals surface area contributed by atoms with Crippen molar-refractivity contribution < 1.29 is 0 Å². The SMILES string of the molecule is Cc1cc(C)cc(-n2cc3ccccc3n2)c1. The van der Waals surface area contributed by atoms with Gasteiger partial charge in [-0.25, -0.2) is 4.68 Å². The first kappa shape index (κ1) is 10.1. The Labute approximate surface area is 101 Å². The molecule has 17 heavy (non-hydrogen) atoms. The minimum Gasteiger partial charge on any atom is -0.240 e. The van der Waals surface area contributed by atoms with Gasteiger partial charge < -0.3 is 0 Å². The minimum atomic E-state index is 1.03. The second-order valence-corrected chi connectivity index (χ2v) is 4.48. The quantitative estimate of drug-likeness (QED) is 0.614. The number of hydrogen-bond acceptors (Lipinski definition) is 1. The van der Waals surface area contributed by atoms with E-state index < -0.39 is 0 Å². The molecule has 3 rings (SSSR count). The highest BCUT2D eigenvalue weighted by molar-refractivity contribution is 5.78. The van der Waals surface area contributed by atoms with Gasteiger partial charge in [0.25, 0.3) is 0 Å². The Morgan fingerprint density at radius 2 is 1.65 bits per heavy atom. The maximum atomic E-state index is 4.58. The molecule has 0 spiro atoms. The predicted octanol–water partition coefficient (Wildman–Crippen LogP) is 3.64. The van der Waals surface area contributed by atoms with Crippen LogP contribution in [0.2, 0.25) is 0 Å². The van der Waals surface area contributed by atoms with Crippen LogP contribution < -0.4 is 0 Å². The first-order valence-corrected chi connectivity index (χ1v) is 5.75. The van der Waals surface area contributed by atoms with Crippen molar-refractivity contribution in [2.75, 3.05) is 0 Å². The van der Waals surface area contributed by atoms with E-state index in [4.69, 9.17) is 0 Å². The molecule has 2 aromatic carbocycles. The lowest BCUT2D eigenvalue weighted by atomic mass is 10.1. The number of hydrogen-bond donors (Lipinski definition) is 0. The van der Waals surface area contributed by atoms with Gasteiger partial charge in [-0.3, -0.25) is 0 Å². The Kier molecular flexibility index (Phi) is 2.22. The Morgan fingerprint density at radius 3 is 2.35 bits per heavy atom. The topological polar surface area (TPSA) is 17.8 Å². The lowest BCUT2D eigenvalue weighted by molar-refractivity contribution is 0.893. The molecule has 84 valence electrons. The van der Waals surface area contributed by atoms with E-state index in [1.54, 1.807) is 0 Å². The molecule has 3 aromatic rings. The van der Waals surface area contributed by atoms with E-state index in [0.717, 1.165) is 11.2 Å². The van der Waals surface area contributed by atoms with Gasteiger partial charge in [0.05, 0.1) is 11.2 Å². The highest BCUT2D eigenvalue weighted by atomic mass is 15.3. The third-order valence-corrected chi connectivity index (χ3v) is 2.88. The number of aryl methyl sites for hydroxylation is 2. The van der Waals surface area contributed by atoms with Crippen molar-refractivity contribution in [1.29, 1.82) is 0 Å². The summed E-state index contributed by atoms with van der Waals surface area (Å²) in [5.74, 6) is 0. The molecule has 0 amide bonds. The van der Waals surface area contributed by atoms with E-state index in [9.17, 15) is 0 Å². The van der Waals surface area contributed by atoms with Crippen LogP contribution in [-0.4, -0.2) is 9.78 Å². The van der Waals surface area contributed by atoms with Gasteiger partial charge in [0, 0.05) is 11.6 Å². The molecule has 0 radical (unpaired) electrons. The molecule has 1 aromatic heterocycles. The number of rotatable bonds is 1. The van der Waals surface area contributed by atoms with Crippen LogP contribution in [0, 0.1) is 13.8 Å². The van der Waals surface area contributed by atoms with Crippen molar-refractivity contribution >= 4 is 10.9 Å². The molecular formula is C15H14N2. The van der Waals surface area contributed by atoms with Crippen molar-refractivity contribution in [1.82, 2.24) is 9.78 Å². The summed E-state index contributed by atoms with van der Waals surface area (Å²) in [5.41, 5.74) is 4.68. The second kappa shape index (κ2) is 3.74. The molecule has 0 N–H and O–H groups in total. The van der Waals surface area contributed by atoms with E-state index in [0.29, 0.717) is 0 Å². The van der Waals surface area contributed by atoms with Gasteiger partial charge in [-0.15, -0.1) is 0 Å². The minimum absolute atomic E-state index is 1.03. The van der Waals surface area contributed by atoms with E-state index in [1.165, 1.54) is 16.5 Å². The Morgan fingerprint density at radius 1 is 0.941 bits per heavy atom. The van der Waals surface area contributed by atoms with E-state index in [-0.39, 0.29) is 0 Å². The van der Waals surface area contributed by atoms with Crippen LogP contribution in [0.25, 0.3) is 16.6 Å². The number of aromatic nitrogens is 2. The number of nitrogens with zero attached hydrogens (tertiary/aromatic N) is 2. The van der Waals surface area contributed by atoms with Crippen LogP contribution in [0.4, 0.5) is 0 Å². The Balaban J connectivity index is 2.20. The number of fused-ring (bicyclic) bond motifs is 1. The average Bonchev–Trinajstić information content (AvgIpc) is 2.71. The molecule has 0 atom stereocenters. The van der Waals surface area contributed by atoms with Crippen molar-refractivity contribution in [2.24, 2.45) is 0 Å². The van der Waals surface area contributed by atoms with Crippen LogP contribution >= 0.6 is 0 Å². The Hall–Kier alpha value is -2.09. The van der Waals surface area contributed by atoms with Crippen molar-refractivity contribution in [2.45, 2.75) is 13.8 Å². The first-order valence-electron chi connectivity index (χ1n) is 5.75. The fraction of sp³-hybridized carbons (Fsp3) is 0.133. The van der Waals surface area contributed by atoms with Gasteiger partial charge >= 0.3 is 0 Å². The lowest BCUT2D eigenvalue weighted by Gasteiger charge is -2.04. The third-order valence-electron chi connectivity index (χ3n) is 2.88. The fourth-order valence-electron chi connectivity index (χ4n) is 2.18. The monoisotopic (exact) mass is 222 g/mol. The maximum absolute atomic E-state index is 4.58. The van der Waals surface area contributed by atoms with Gasteiger partial charge in [-0.1, -0.05) is 24.3 Å². The zero-order chi connectivity index (χ0) is 11.8. The van der Waals surface area contributed by atoms with Crippen molar-refractivity contribution in [3.05, 3.63) is 59.8 Å².